The lowest BCUT2D eigenvalue weighted by Crippen LogP contribution is -2.12. The summed E-state index contributed by atoms with van der Waals surface area (Å²) in [5.74, 6) is -2.15. The number of methoxy groups -OCH3 is 1. The Morgan fingerprint density at radius 3 is 2.05 bits per heavy atom. The molecule has 0 aliphatic rings. The van der Waals surface area contributed by atoms with E-state index in [-0.39, 0.29) is 17.3 Å². The van der Waals surface area contributed by atoms with Gasteiger partial charge in [0.1, 0.15) is 0 Å². The van der Waals surface area contributed by atoms with Crippen LogP contribution >= 0.6 is 0 Å². The number of rotatable bonds is 6. The van der Waals surface area contributed by atoms with Gasteiger partial charge in [-0.25, -0.2) is 14.4 Å². The molecule has 0 fully saturated rings. The molecule has 20 heavy (non-hydrogen) atoms. The topological polar surface area (TPSA) is 78.9 Å². The first-order valence-corrected chi connectivity index (χ1v) is 5.74. The molecule has 6 nitrogen and oxygen atoms in total. The highest BCUT2D eigenvalue weighted by molar-refractivity contribution is 5.93. The largest absolute Gasteiger partial charge is 0.463 e. The van der Waals surface area contributed by atoms with Crippen LogP contribution in [0.3, 0.4) is 0 Å². The minimum Gasteiger partial charge on any atom is -0.463 e. The molecule has 0 amide bonds. The number of hydrogen-bond donors (Lipinski definition) is 0. The molecule has 0 bridgehead atoms. The molecule has 0 spiro atoms. The van der Waals surface area contributed by atoms with Crippen LogP contribution in [-0.4, -0.2) is 31.6 Å². The summed E-state index contributed by atoms with van der Waals surface area (Å²) < 4.78 is 13.3. The number of esters is 3. The Hall–Kier alpha value is -2.37. The van der Waals surface area contributed by atoms with Crippen molar-refractivity contribution in [2.24, 2.45) is 0 Å². The highest BCUT2D eigenvalue weighted by atomic mass is 16.6. The third-order valence-corrected chi connectivity index (χ3v) is 1.59. The first-order chi connectivity index (χ1) is 9.29. The van der Waals surface area contributed by atoms with Gasteiger partial charge in [-0.3, -0.25) is 0 Å². The van der Waals surface area contributed by atoms with Crippen molar-refractivity contribution >= 4 is 17.9 Å². The monoisotopic (exact) mass is 284 g/mol. The lowest BCUT2D eigenvalue weighted by Gasteiger charge is -2.03. The molecule has 0 N–H and O–H groups in total. The Balaban J connectivity index is 0. The van der Waals surface area contributed by atoms with Crippen LogP contribution in [0.25, 0.3) is 0 Å². The van der Waals surface area contributed by atoms with Crippen LogP contribution in [0.4, 0.5) is 0 Å². The van der Waals surface area contributed by atoms with Crippen molar-refractivity contribution < 1.29 is 28.6 Å². The van der Waals surface area contributed by atoms with Gasteiger partial charge in [0.15, 0.2) is 0 Å². The predicted molar refractivity (Wildman–Crippen MR) is 73.5 cm³/mol. The number of hydrogen-bond acceptors (Lipinski definition) is 6. The molecule has 0 aromatic rings. The quantitative estimate of drug-likeness (QED) is 0.321. The normalized spacial score (nSPS) is 8.35. The third-order valence-electron chi connectivity index (χ3n) is 1.59. The van der Waals surface area contributed by atoms with Crippen LogP contribution in [0.2, 0.25) is 0 Å². The number of carbonyl (C=O) groups is 3. The average Bonchev–Trinajstić information content (AvgIpc) is 2.43. The van der Waals surface area contributed by atoms with E-state index in [9.17, 15) is 14.4 Å². The van der Waals surface area contributed by atoms with Crippen LogP contribution in [-0.2, 0) is 28.6 Å². The van der Waals surface area contributed by atoms with Crippen molar-refractivity contribution in [1.29, 1.82) is 0 Å². The fourth-order valence-electron chi connectivity index (χ4n) is 0.616. The first-order valence-electron chi connectivity index (χ1n) is 5.74. The van der Waals surface area contributed by atoms with Gasteiger partial charge in [0.25, 0.3) is 0 Å². The third kappa shape index (κ3) is 10.8. The van der Waals surface area contributed by atoms with Crippen LogP contribution < -0.4 is 0 Å². The number of ether oxygens (including phenoxy) is 3. The van der Waals surface area contributed by atoms with E-state index in [0.717, 1.165) is 12.5 Å². The summed E-state index contributed by atoms with van der Waals surface area (Å²) >= 11 is 0. The van der Waals surface area contributed by atoms with E-state index in [1.807, 2.05) is 6.92 Å². The fraction of sp³-hybridized carbons (Fsp3) is 0.357. The second kappa shape index (κ2) is 11.7. The Morgan fingerprint density at radius 1 is 1.15 bits per heavy atom. The summed E-state index contributed by atoms with van der Waals surface area (Å²) in [4.78, 5) is 31.7. The Labute approximate surface area is 118 Å². The minimum absolute atomic E-state index is 0.194. The van der Waals surface area contributed by atoms with Gasteiger partial charge in [-0.1, -0.05) is 20.1 Å². The van der Waals surface area contributed by atoms with Crippen LogP contribution in [0.5, 0.6) is 0 Å². The van der Waals surface area contributed by atoms with E-state index in [4.69, 9.17) is 0 Å². The van der Waals surface area contributed by atoms with Gasteiger partial charge in [0.2, 0.25) is 5.76 Å². The summed E-state index contributed by atoms with van der Waals surface area (Å²) in [5.41, 5.74) is 0.194. The summed E-state index contributed by atoms with van der Waals surface area (Å²) in [6.07, 6.45) is 2.02. The van der Waals surface area contributed by atoms with E-state index in [2.05, 4.69) is 33.9 Å². The summed E-state index contributed by atoms with van der Waals surface area (Å²) in [6, 6.07) is 0. The SMILES string of the molecule is C=C(C)C(=O)OC(=C)C(=O)OC.C=CC(=O)OCCC. The highest BCUT2D eigenvalue weighted by Gasteiger charge is 2.13. The zero-order valence-corrected chi connectivity index (χ0v) is 12.1. The molecule has 0 aromatic carbocycles. The van der Waals surface area contributed by atoms with Crippen molar-refractivity contribution in [3.63, 3.8) is 0 Å². The second-order valence-electron chi connectivity index (χ2n) is 3.46. The molecule has 0 saturated carbocycles. The van der Waals surface area contributed by atoms with Gasteiger partial charge in [0, 0.05) is 11.6 Å². The summed E-state index contributed by atoms with van der Waals surface area (Å²) in [6.45, 7) is 13.7. The maximum Gasteiger partial charge on any atom is 0.373 e. The van der Waals surface area contributed by atoms with E-state index in [1.165, 1.54) is 14.0 Å². The van der Waals surface area contributed by atoms with E-state index in [1.54, 1.807) is 0 Å². The molecule has 0 aliphatic carbocycles. The van der Waals surface area contributed by atoms with Gasteiger partial charge in [0.05, 0.1) is 13.7 Å². The van der Waals surface area contributed by atoms with Crippen molar-refractivity contribution in [2.75, 3.05) is 13.7 Å². The van der Waals surface area contributed by atoms with Crippen molar-refractivity contribution in [3.05, 3.63) is 37.1 Å². The van der Waals surface area contributed by atoms with E-state index >= 15 is 0 Å². The van der Waals surface area contributed by atoms with Crippen molar-refractivity contribution in [2.45, 2.75) is 20.3 Å². The average molecular weight is 284 g/mol. The Kier molecular flexibility index (Phi) is 11.7. The maximum atomic E-state index is 10.8. The van der Waals surface area contributed by atoms with E-state index < -0.39 is 11.9 Å². The minimum atomic E-state index is -0.774. The first kappa shape index (κ1) is 20.0. The molecule has 0 atom stereocenters. The van der Waals surface area contributed by atoms with Gasteiger partial charge in [-0.05, 0) is 19.9 Å². The van der Waals surface area contributed by atoms with Gasteiger partial charge in [-0.15, -0.1) is 0 Å². The van der Waals surface area contributed by atoms with Crippen molar-refractivity contribution in [1.82, 2.24) is 0 Å². The molecule has 112 valence electrons. The van der Waals surface area contributed by atoms with Crippen LogP contribution in [0, 0.1) is 0 Å². The highest BCUT2D eigenvalue weighted by Crippen LogP contribution is 2.01. The van der Waals surface area contributed by atoms with Gasteiger partial charge < -0.3 is 14.2 Å². The van der Waals surface area contributed by atoms with Crippen LogP contribution in [0.1, 0.15) is 20.3 Å². The maximum absolute atomic E-state index is 10.8. The summed E-state index contributed by atoms with van der Waals surface area (Å²) in [5, 5.41) is 0. The lowest BCUT2D eigenvalue weighted by atomic mass is 10.4. The van der Waals surface area contributed by atoms with Gasteiger partial charge >= 0.3 is 17.9 Å². The standard InChI is InChI=1S/C8H10O4.C6H10O2/c1-5(2)7(9)12-6(3)8(10)11-4;1-3-5-8-6(7)4-2/h1,3H2,2,4H3;4H,2-3,5H2,1H3. The molecule has 0 aromatic heterocycles. The lowest BCUT2D eigenvalue weighted by molar-refractivity contribution is -0.147. The zero-order valence-electron chi connectivity index (χ0n) is 12.1. The molecule has 0 radical (unpaired) electrons. The predicted octanol–water partition coefficient (Wildman–Crippen LogP) is 1.92. The Morgan fingerprint density at radius 2 is 1.70 bits per heavy atom. The molecular formula is C14H20O6. The molecular weight excluding hydrogens is 264 g/mol. The fourth-order valence-corrected chi connectivity index (χ4v) is 0.616. The smallest absolute Gasteiger partial charge is 0.373 e. The zero-order chi connectivity index (χ0) is 16.1. The molecule has 0 aliphatic heterocycles. The second-order valence-corrected chi connectivity index (χ2v) is 3.46. The van der Waals surface area contributed by atoms with E-state index in [0.29, 0.717) is 6.61 Å². The van der Waals surface area contributed by atoms with Crippen molar-refractivity contribution in [3.8, 4) is 0 Å². The van der Waals surface area contributed by atoms with Gasteiger partial charge in [-0.2, -0.15) is 0 Å². The molecule has 0 heterocycles. The molecule has 6 heteroatoms. The Bertz CT molecular complexity index is 394. The summed E-state index contributed by atoms with van der Waals surface area (Å²) in [7, 11) is 1.17. The van der Waals surface area contributed by atoms with Crippen LogP contribution in [0.15, 0.2) is 37.1 Å². The molecule has 0 unspecified atom stereocenters. The molecule has 0 rings (SSSR count). The molecule has 0 saturated heterocycles. The number of carbonyl (C=O) groups excluding carboxylic acids is 3.